The summed E-state index contributed by atoms with van der Waals surface area (Å²) in [5.41, 5.74) is 4.10. The Hall–Kier alpha value is -2.54. The van der Waals surface area contributed by atoms with Gasteiger partial charge in [-0.25, -0.2) is 8.42 Å². The Labute approximate surface area is 173 Å². The molecular weight excluding hydrogens is 388 g/mol. The Morgan fingerprint density at radius 1 is 1.10 bits per heavy atom. The molecular formula is C22H30N2O4S. The van der Waals surface area contributed by atoms with Crippen LogP contribution < -0.4 is 14.4 Å². The van der Waals surface area contributed by atoms with Crippen LogP contribution in [0, 0.1) is 20.8 Å². The molecule has 158 valence electrons. The summed E-state index contributed by atoms with van der Waals surface area (Å²) in [6.45, 7) is 7.34. The average Bonchev–Trinajstić information content (AvgIpc) is 2.64. The Kier molecular flexibility index (Phi) is 7.30. The second-order valence-corrected chi connectivity index (χ2v) is 9.17. The van der Waals surface area contributed by atoms with Crippen LogP contribution in [0.15, 0.2) is 36.4 Å². The van der Waals surface area contributed by atoms with Crippen LogP contribution in [0.25, 0.3) is 0 Å². The number of anilines is 1. The van der Waals surface area contributed by atoms with Gasteiger partial charge < -0.3 is 10.1 Å². The van der Waals surface area contributed by atoms with Gasteiger partial charge >= 0.3 is 0 Å². The zero-order valence-corrected chi connectivity index (χ0v) is 18.8. The molecule has 1 amide bonds. The van der Waals surface area contributed by atoms with Gasteiger partial charge in [0.25, 0.3) is 0 Å². The summed E-state index contributed by atoms with van der Waals surface area (Å²) < 4.78 is 31.4. The Balaban J connectivity index is 2.26. The summed E-state index contributed by atoms with van der Waals surface area (Å²) in [7, 11) is -2.01. The highest BCUT2D eigenvalue weighted by molar-refractivity contribution is 7.92. The molecule has 0 spiro atoms. The fourth-order valence-corrected chi connectivity index (χ4v) is 4.44. The maximum absolute atomic E-state index is 12.8. The van der Waals surface area contributed by atoms with Crippen molar-refractivity contribution < 1.29 is 17.9 Å². The van der Waals surface area contributed by atoms with E-state index in [2.05, 4.69) is 5.32 Å². The van der Waals surface area contributed by atoms with E-state index in [1.165, 1.54) is 4.31 Å². The maximum atomic E-state index is 12.8. The van der Waals surface area contributed by atoms with E-state index in [-0.39, 0.29) is 18.5 Å². The number of aryl methyl sites for hydroxylation is 3. The summed E-state index contributed by atoms with van der Waals surface area (Å²) in [6, 6.07) is 11.1. The third kappa shape index (κ3) is 5.50. The summed E-state index contributed by atoms with van der Waals surface area (Å²) >= 11 is 0. The number of para-hydroxylation sites is 1. The van der Waals surface area contributed by atoms with Crippen molar-refractivity contribution in [3.63, 3.8) is 0 Å². The maximum Gasteiger partial charge on any atom is 0.241 e. The van der Waals surface area contributed by atoms with Crippen LogP contribution in [-0.4, -0.2) is 34.2 Å². The summed E-state index contributed by atoms with van der Waals surface area (Å²) in [5, 5.41) is 2.97. The lowest BCUT2D eigenvalue weighted by Gasteiger charge is -2.27. The highest BCUT2D eigenvalue weighted by Gasteiger charge is 2.25. The number of benzene rings is 2. The second kappa shape index (κ2) is 9.31. The van der Waals surface area contributed by atoms with Gasteiger partial charge in [-0.2, -0.15) is 0 Å². The average molecular weight is 419 g/mol. The molecule has 0 radical (unpaired) electrons. The first-order valence-corrected chi connectivity index (χ1v) is 11.4. The standard InChI is InChI=1S/C22H30N2O4S/c1-7-19(18-11-12-20(28-5)17(4)13-18)23-21(25)14-24(29(6,26)27)22-15(2)9-8-10-16(22)3/h8-13,19H,7,14H2,1-6H3,(H,23,25). The number of nitrogens with one attached hydrogen (secondary N) is 1. The van der Waals surface area contributed by atoms with Crippen molar-refractivity contribution >= 4 is 21.6 Å². The molecule has 2 aromatic carbocycles. The molecule has 0 saturated heterocycles. The molecule has 0 aliphatic heterocycles. The van der Waals surface area contributed by atoms with Crippen molar-refractivity contribution in [3.8, 4) is 5.75 Å². The number of hydrogen-bond acceptors (Lipinski definition) is 4. The molecule has 2 aromatic rings. The molecule has 0 aliphatic rings. The zero-order chi connectivity index (χ0) is 21.8. The fraction of sp³-hybridized carbons (Fsp3) is 0.409. The van der Waals surface area contributed by atoms with E-state index in [1.54, 1.807) is 7.11 Å². The van der Waals surface area contributed by atoms with E-state index in [0.717, 1.165) is 34.3 Å². The Morgan fingerprint density at radius 3 is 2.21 bits per heavy atom. The van der Waals surface area contributed by atoms with Crippen LogP contribution in [0.5, 0.6) is 5.75 Å². The minimum absolute atomic E-state index is 0.216. The van der Waals surface area contributed by atoms with Crippen LogP contribution in [0.4, 0.5) is 5.69 Å². The zero-order valence-electron chi connectivity index (χ0n) is 17.9. The second-order valence-electron chi connectivity index (χ2n) is 7.27. The smallest absolute Gasteiger partial charge is 0.241 e. The number of carbonyl (C=O) groups excluding carboxylic acids is 1. The van der Waals surface area contributed by atoms with E-state index >= 15 is 0 Å². The number of nitrogens with zero attached hydrogens (tertiary/aromatic N) is 1. The van der Waals surface area contributed by atoms with E-state index in [1.807, 2.05) is 64.1 Å². The van der Waals surface area contributed by atoms with Gasteiger partial charge in [-0.3, -0.25) is 9.10 Å². The molecule has 1 unspecified atom stereocenters. The topological polar surface area (TPSA) is 75.7 Å². The van der Waals surface area contributed by atoms with Crippen molar-refractivity contribution in [2.75, 3.05) is 24.2 Å². The van der Waals surface area contributed by atoms with Gasteiger partial charge in [0, 0.05) is 0 Å². The van der Waals surface area contributed by atoms with E-state index in [9.17, 15) is 13.2 Å². The minimum atomic E-state index is -3.62. The molecule has 29 heavy (non-hydrogen) atoms. The monoisotopic (exact) mass is 418 g/mol. The Bertz CT molecular complexity index is 966. The lowest BCUT2D eigenvalue weighted by Crippen LogP contribution is -2.42. The predicted octanol–water partition coefficient (Wildman–Crippen LogP) is 3.65. The largest absolute Gasteiger partial charge is 0.496 e. The molecule has 0 bridgehead atoms. The van der Waals surface area contributed by atoms with Gasteiger partial charge in [-0.1, -0.05) is 37.3 Å². The van der Waals surface area contributed by atoms with Gasteiger partial charge in [-0.15, -0.1) is 0 Å². The minimum Gasteiger partial charge on any atom is -0.496 e. The lowest BCUT2D eigenvalue weighted by molar-refractivity contribution is -0.120. The highest BCUT2D eigenvalue weighted by Crippen LogP contribution is 2.27. The molecule has 1 N–H and O–H groups in total. The first-order valence-electron chi connectivity index (χ1n) is 9.56. The van der Waals surface area contributed by atoms with Crippen molar-refractivity contribution in [2.45, 2.75) is 40.2 Å². The van der Waals surface area contributed by atoms with Crippen LogP contribution in [0.1, 0.15) is 41.6 Å². The predicted molar refractivity (Wildman–Crippen MR) is 117 cm³/mol. The normalized spacial score (nSPS) is 12.3. The first kappa shape index (κ1) is 22.7. The lowest BCUT2D eigenvalue weighted by atomic mass is 10.0. The molecule has 2 rings (SSSR count). The molecule has 7 heteroatoms. The first-order chi connectivity index (χ1) is 13.6. The third-order valence-corrected chi connectivity index (χ3v) is 6.05. The number of methoxy groups -OCH3 is 1. The summed E-state index contributed by atoms with van der Waals surface area (Å²) in [6.07, 6.45) is 1.80. The number of ether oxygens (including phenoxy) is 1. The van der Waals surface area contributed by atoms with Crippen molar-refractivity contribution in [1.82, 2.24) is 5.32 Å². The van der Waals surface area contributed by atoms with Crippen LogP contribution in [0.2, 0.25) is 0 Å². The van der Waals surface area contributed by atoms with Crippen LogP contribution >= 0.6 is 0 Å². The molecule has 0 fully saturated rings. The van der Waals surface area contributed by atoms with Gasteiger partial charge in [0.05, 0.1) is 25.1 Å². The van der Waals surface area contributed by atoms with E-state index < -0.39 is 10.0 Å². The number of amides is 1. The number of carbonyl (C=O) groups is 1. The quantitative estimate of drug-likeness (QED) is 0.710. The van der Waals surface area contributed by atoms with Crippen LogP contribution in [0.3, 0.4) is 0 Å². The number of rotatable bonds is 8. The fourth-order valence-electron chi connectivity index (χ4n) is 3.47. The van der Waals surface area contributed by atoms with Crippen molar-refractivity contribution in [3.05, 3.63) is 58.7 Å². The molecule has 1 atom stereocenters. The van der Waals surface area contributed by atoms with Gasteiger partial charge in [0.1, 0.15) is 12.3 Å². The van der Waals surface area contributed by atoms with E-state index in [4.69, 9.17) is 4.74 Å². The molecule has 0 heterocycles. The summed E-state index contributed by atoms with van der Waals surface area (Å²) in [5.74, 6) is 0.437. The Morgan fingerprint density at radius 2 is 1.72 bits per heavy atom. The van der Waals surface area contributed by atoms with Gasteiger partial charge in [0.15, 0.2) is 0 Å². The van der Waals surface area contributed by atoms with Crippen molar-refractivity contribution in [1.29, 1.82) is 0 Å². The molecule has 6 nitrogen and oxygen atoms in total. The molecule has 0 aliphatic carbocycles. The van der Waals surface area contributed by atoms with Crippen LogP contribution in [-0.2, 0) is 14.8 Å². The molecule has 0 aromatic heterocycles. The SMILES string of the molecule is CCC(NC(=O)CN(c1c(C)cccc1C)S(C)(=O)=O)c1ccc(OC)c(C)c1. The number of hydrogen-bond donors (Lipinski definition) is 1. The molecule has 0 saturated carbocycles. The third-order valence-electron chi connectivity index (χ3n) is 4.94. The van der Waals surface area contributed by atoms with Crippen molar-refractivity contribution in [2.24, 2.45) is 0 Å². The highest BCUT2D eigenvalue weighted by atomic mass is 32.2. The van der Waals surface area contributed by atoms with Gasteiger partial charge in [-0.05, 0) is 55.5 Å². The number of sulfonamides is 1. The van der Waals surface area contributed by atoms with Gasteiger partial charge in [0.2, 0.25) is 15.9 Å². The van der Waals surface area contributed by atoms with E-state index in [0.29, 0.717) is 12.1 Å². The summed E-state index contributed by atoms with van der Waals surface area (Å²) in [4.78, 5) is 12.8.